The summed E-state index contributed by atoms with van der Waals surface area (Å²) in [6.45, 7) is 0. The molecule has 49 valence electrons. The Morgan fingerprint density at radius 2 is 2.50 bits per heavy atom. The molecular formula is C5H3N4O. The van der Waals surface area contributed by atoms with E-state index in [9.17, 15) is 0 Å². The van der Waals surface area contributed by atoms with Crippen molar-refractivity contribution in [2.24, 2.45) is 0 Å². The molecule has 0 aliphatic heterocycles. The van der Waals surface area contributed by atoms with Gasteiger partial charge in [0.25, 0.3) is 0 Å². The molecule has 0 amide bonds. The summed E-state index contributed by atoms with van der Waals surface area (Å²) in [5.41, 5.74) is 0.970. The fourth-order valence-electron chi connectivity index (χ4n) is 0.676. The molecule has 2 heterocycles. The summed E-state index contributed by atoms with van der Waals surface area (Å²) in [5.74, 6) is -0.0265. The molecule has 0 saturated carbocycles. The lowest BCUT2D eigenvalue weighted by molar-refractivity contribution is 0.472. The van der Waals surface area contributed by atoms with Gasteiger partial charge in [-0.15, -0.1) is 5.10 Å². The number of hydrogen-bond acceptors (Lipinski definition) is 4. The van der Waals surface area contributed by atoms with Crippen molar-refractivity contribution in [2.45, 2.75) is 0 Å². The lowest BCUT2D eigenvalue weighted by atomic mass is 10.4. The topological polar surface area (TPSA) is 74.7 Å². The van der Waals surface area contributed by atoms with Crippen LogP contribution in [0.2, 0.25) is 0 Å². The molecule has 5 nitrogen and oxygen atoms in total. The van der Waals surface area contributed by atoms with Gasteiger partial charge in [0.05, 0.1) is 12.3 Å². The summed E-state index contributed by atoms with van der Waals surface area (Å²) in [7, 11) is 0. The number of aromatic nitrogens is 4. The van der Waals surface area contributed by atoms with E-state index in [4.69, 9.17) is 5.11 Å². The molecule has 2 rings (SSSR count). The number of hydrogen-bond donors (Lipinski definition) is 2. The maximum Gasteiger partial charge on any atom is 0.176 e. The van der Waals surface area contributed by atoms with Gasteiger partial charge in [-0.05, 0) is 0 Å². The number of rotatable bonds is 0. The van der Waals surface area contributed by atoms with Crippen LogP contribution in [0.25, 0.3) is 11.2 Å². The van der Waals surface area contributed by atoms with Gasteiger partial charge in [-0.1, -0.05) is 5.21 Å². The van der Waals surface area contributed by atoms with Crippen LogP contribution in [0.5, 0.6) is 5.75 Å². The molecule has 2 aromatic heterocycles. The largest absolute Gasteiger partial charge is 0.506 e. The molecule has 0 unspecified atom stereocenters. The molecule has 2 aromatic rings. The smallest absolute Gasteiger partial charge is 0.176 e. The third-order valence-electron chi connectivity index (χ3n) is 1.09. The average molecular weight is 135 g/mol. The second-order valence-electron chi connectivity index (χ2n) is 1.78. The van der Waals surface area contributed by atoms with E-state index in [0.717, 1.165) is 0 Å². The molecule has 1 radical (unpaired) electrons. The van der Waals surface area contributed by atoms with Crippen molar-refractivity contribution in [3.63, 3.8) is 0 Å². The highest BCUT2D eigenvalue weighted by atomic mass is 16.3. The van der Waals surface area contributed by atoms with Crippen molar-refractivity contribution in [1.29, 1.82) is 0 Å². The minimum absolute atomic E-state index is 0.0265. The van der Waals surface area contributed by atoms with Gasteiger partial charge < -0.3 is 5.11 Å². The second kappa shape index (κ2) is 1.66. The van der Waals surface area contributed by atoms with E-state index in [-0.39, 0.29) is 5.75 Å². The van der Waals surface area contributed by atoms with Crippen molar-refractivity contribution in [1.82, 2.24) is 20.4 Å². The van der Waals surface area contributed by atoms with Gasteiger partial charge in [-0.25, -0.2) is 10.1 Å². The van der Waals surface area contributed by atoms with Crippen molar-refractivity contribution >= 4 is 11.2 Å². The monoisotopic (exact) mass is 135 g/mol. The fourth-order valence-corrected chi connectivity index (χ4v) is 0.676. The molecule has 0 aliphatic carbocycles. The summed E-state index contributed by atoms with van der Waals surface area (Å²) < 4.78 is 0. The lowest BCUT2D eigenvalue weighted by Gasteiger charge is -1.85. The van der Waals surface area contributed by atoms with Gasteiger partial charge in [0, 0.05) is 0 Å². The summed E-state index contributed by atoms with van der Waals surface area (Å²) in [6.07, 6.45) is 1.28. The average Bonchev–Trinajstić information content (AvgIpc) is 2.33. The highest BCUT2D eigenvalue weighted by Gasteiger charge is 1.98. The van der Waals surface area contributed by atoms with Gasteiger partial charge in [-0.3, -0.25) is 0 Å². The van der Waals surface area contributed by atoms with E-state index in [0.29, 0.717) is 11.2 Å². The predicted molar refractivity (Wildman–Crippen MR) is 32.2 cm³/mol. The van der Waals surface area contributed by atoms with Gasteiger partial charge in [0.1, 0.15) is 11.3 Å². The second-order valence-corrected chi connectivity index (χ2v) is 1.78. The molecule has 0 bridgehead atoms. The minimum Gasteiger partial charge on any atom is -0.506 e. The van der Waals surface area contributed by atoms with Crippen LogP contribution >= 0.6 is 0 Å². The number of nitrogens with zero attached hydrogens (tertiary/aromatic N) is 3. The van der Waals surface area contributed by atoms with E-state index in [1.165, 1.54) is 6.20 Å². The summed E-state index contributed by atoms with van der Waals surface area (Å²) >= 11 is 0. The standard InChI is InChI=1S/C5H3N4O/c10-3-1-4-5(6-2-3)8-9-7-4/h2,10H,(H,6,7,8,9). The van der Waals surface area contributed by atoms with Crippen molar-refractivity contribution in [2.75, 3.05) is 0 Å². The molecule has 0 saturated heterocycles. The van der Waals surface area contributed by atoms with Crippen LogP contribution < -0.4 is 0 Å². The first-order valence-corrected chi connectivity index (χ1v) is 2.64. The summed E-state index contributed by atoms with van der Waals surface area (Å²) in [5, 5.41) is 18.4. The van der Waals surface area contributed by atoms with E-state index in [2.05, 4.69) is 26.5 Å². The van der Waals surface area contributed by atoms with Gasteiger partial charge in [-0.2, -0.15) is 0 Å². The minimum atomic E-state index is -0.0265. The molecule has 0 spiro atoms. The maximum atomic E-state index is 8.85. The summed E-state index contributed by atoms with van der Waals surface area (Å²) in [4.78, 5) is 3.78. The normalized spacial score (nSPS) is 10.4. The molecule has 0 aromatic carbocycles. The number of pyridine rings is 1. The SMILES string of the molecule is Oc1[c]c2nn[nH]c2nc1. The van der Waals surface area contributed by atoms with Crippen LogP contribution in [0.15, 0.2) is 6.20 Å². The van der Waals surface area contributed by atoms with Crippen LogP contribution in [0.1, 0.15) is 0 Å². The Balaban J connectivity index is 2.86. The number of fused-ring (bicyclic) bond motifs is 1. The molecule has 10 heavy (non-hydrogen) atoms. The van der Waals surface area contributed by atoms with E-state index < -0.39 is 0 Å². The van der Waals surface area contributed by atoms with Crippen LogP contribution in [-0.4, -0.2) is 25.5 Å². The van der Waals surface area contributed by atoms with Gasteiger partial charge >= 0.3 is 0 Å². The zero-order chi connectivity index (χ0) is 6.97. The first kappa shape index (κ1) is 5.16. The summed E-state index contributed by atoms with van der Waals surface area (Å²) in [6, 6.07) is 2.56. The zero-order valence-electron chi connectivity index (χ0n) is 4.87. The fraction of sp³-hybridized carbons (Fsp3) is 0. The molecule has 0 atom stereocenters. The maximum absolute atomic E-state index is 8.85. The molecular weight excluding hydrogens is 132 g/mol. The Labute approximate surface area is 55.7 Å². The van der Waals surface area contributed by atoms with Crippen LogP contribution in [0.4, 0.5) is 0 Å². The van der Waals surface area contributed by atoms with Gasteiger partial charge in [0.2, 0.25) is 0 Å². The van der Waals surface area contributed by atoms with Crippen LogP contribution in [0.3, 0.4) is 0 Å². The number of aromatic amines is 1. The Hall–Kier alpha value is -1.65. The first-order valence-electron chi connectivity index (χ1n) is 2.64. The highest BCUT2D eigenvalue weighted by molar-refractivity contribution is 5.68. The third-order valence-corrected chi connectivity index (χ3v) is 1.09. The molecule has 5 heteroatoms. The molecule has 0 fully saturated rings. The Morgan fingerprint density at radius 3 is 3.40 bits per heavy atom. The number of aromatic hydroxyl groups is 1. The van der Waals surface area contributed by atoms with E-state index in [1.807, 2.05) is 0 Å². The zero-order valence-corrected chi connectivity index (χ0v) is 4.87. The number of nitrogens with one attached hydrogen (secondary N) is 1. The van der Waals surface area contributed by atoms with Crippen molar-refractivity contribution in [3.8, 4) is 5.75 Å². The Morgan fingerprint density at radius 1 is 1.60 bits per heavy atom. The van der Waals surface area contributed by atoms with E-state index in [1.54, 1.807) is 0 Å². The Kier molecular flexibility index (Phi) is 0.858. The quantitative estimate of drug-likeness (QED) is 0.527. The Bertz CT molecular complexity index is 355. The molecule has 0 aliphatic rings. The first-order chi connectivity index (χ1) is 4.86. The molecule has 2 N–H and O–H groups in total. The lowest BCUT2D eigenvalue weighted by Crippen LogP contribution is -1.75. The van der Waals surface area contributed by atoms with Crippen molar-refractivity contribution in [3.05, 3.63) is 12.3 Å². The van der Waals surface area contributed by atoms with Gasteiger partial charge in [0.15, 0.2) is 5.65 Å². The van der Waals surface area contributed by atoms with Crippen LogP contribution in [-0.2, 0) is 0 Å². The third kappa shape index (κ3) is 0.604. The van der Waals surface area contributed by atoms with Crippen LogP contribution in [0, 0.1) is 6.07 Å². The number of H-pyrrole nitrogens is 1. The predicted octanol–water partition coefficient (Wildman–Crippen LogP) is -0.141. The highest BCUT2D eigenvalue weighted by Crippen LogP contribution is 2.09. The van der Waals surface area contributed by atoms with Crippen molar-refractivity contribution < 1.29 is 5.11 Å². The van der Waals surface area contributed by atoms with E-state index >= 15 is 0 Å².